The van der Waals surface area contributed by atoms with Crippen LogP contribution in [-0.2, 0) is 9.53 Å². The van der Waals surface area contributed by atoms with E-state index in [-0.39, 0.29) is 5.91 Å². The lowest BCUT2D eigenvalue weighted by Crippen LogP contribution is -2.48. The molecule has 1 aromatic rings. The molecule has 2 rings (SSSR count). The van der Waals surface area contributed by atoms with Gasteiger partial charge in [-0.05, 0) is 49.8 Å². The molecule has 0 aromatic heterocycles. The third-order valence-electron chi connectivity index (χ3n) is 4.55. The zero-order valence-electron chi connectivity index (χ0n) is 14.7. The first-order valence-corrected chi connectivity index (χ1v) is 8.58. The Bertz CT molecular complexity index is 624. The van der Waals surface area contributed by atoms with Crippen molar-refractivity contribution in [3.05, 3.63) is 23.8 Å². The van der Waals surface area contributed by atoms with E-state index < -0.39 is 5.60 Å². The summed E-state index contributed by atoms with van der Waals surface area (Å²) in [6, 6.07) is 7.17. The Morgan fingerprint density at radius 3 is 2.92 bits per heavy atom. The van der Waals surface area contributed by atoms with Crippen LogP contribution in [0.2, 0.25) is 0 Å². The van der Waals surface area contributed by atoms with Gasteiger partial charge in [0.15, 0.2) is 0 Å². The molecule has 0 bridgehead atoms. The third-order valence-corrected chi connectivity index (χ3v) is 4.55. The number of benzene rings is 1. The lowest BCUT2D eigenvalue weighted by Gasteiger charge is -2.38. The van der Waals surface area contributed by atoms with Gasteiger partial charge >= 0.3 is 0 Å². The molecule has 5 heteroatoms. The van der Waals surface area contributed by atoms with E-state index >= 15 is 0 Å². The molecule has 0 unspecified atom stereocenters. The van der Waals surface area contributed by atoms with Gasteiger partial charge in [0.1, 0.15) is 17.4 Å². The molecule has 1 saturated carbocycles. The average molecular weight is 330 g/mol. The summed E-state index contributed by atoms with van der Waals surface area (Å²) >= 11 is 0. The Hall–Kier alpha value is -2.06. The Kier molecular flexibility index (Phi) is 6.22. The summed E-state index contributed by atoms with van der Waals surface area (Å²) in [5.41, 5.74) is 0.0959. The molecule has 2 atom stereocenters. The van der Waals surface area contributed by atoms with Crippen molar-refractivity contribution in [2.45, 2.75) is 51.6 Å². The molecule has 0 saturated heterocycles. The minimum absolute atomic E-state index is 0.149. The predicted octanol–water partition coefficient (Wildman–Crippen LogP) is 3.88. The van der Waals surface area contributed by atoms with Crippen LogP contribution in [-0.4, -0.2) is 25.2 Å². The van der Waals surface area contributed by atoms with Gasteiger partial charge < -0.3 is 14.8 Å². The molecule has 1 fully saturated rings. The van der Waals surface area contributed by atoms with Crippen LogP contribution in [0.4, 0.5) is 5.69 Å². The molecule has 1 aromatic carbocycles. The van der Waals surface area contributed by atoms with Gasteiger partial charge in [-0.15, -0.1) is 0 Å². The number of nitrogens with one attached hydrogen (secondary N) is 1. The van der Waals surface area contributed by atoms with E-state index in [4.69, 9.17) is 9.47 Å². The van der Waals surface area contributed by atoms with Crippen LogP contribution >= 0.6 is 0 Å². The number of rotatable bonds is 6. The fourth-order valence-electron chi connectivity index (χ4n) is 3.29. The molecular weight excluding hydrogens is 304 g/mol. The Balaban J connectivity index is 2.23. The Labute approximate surface area is 144 Å². The topological polar surface area (TPSA) is 71.3 Å². The van der Waals surface area contributed by atoms with Crippen molar-refractivity contribution in [1.29, 1.82) is 5.26 Å². The number of nitrogens with zero attached hydrogens (tertiary/aromatic N) is 1. The minimum atomic E-state index is -0.791. The number of anilines is 1. The van der Waals surface area contributed by atoms with E-state index in [0.717, 1.165) is 32.1 Å². The van der Waals surface area contributed by atoms with Crippen molar-refractivity contribution in [2.24, 2.45) is 5.92 Å². The van der Waals surface area contributed by atoms with E-state index in [1.165, 1.54) is 0 Å². The average Bonchev–Trinajstić information content (AvgIpc) is 2.60. The van der Waals surface area contributed by atoms with E-state index in [2.05, 4.69) is 18.3 Å². The quantitative estimate of drug-likeness (QED) is 0.859. The second-order valence-corrected chi connectivity index (χ2v) is 6.52. The molecule has 0 radical (unpaired) electrons. The number of carbonyl (C=O) groups is 1. The van der Waals surface area contributed by atoms with Crippen molar-refractivity contribution >= 4 is 11.6 Å². The van der Waals surface area contributed by atoms with E-state index in [1.807, 2.05) is 6.92 Å². The summed E-state index contributed by atoms with van der Waals surface area (Å²) < 4.78 is 11.2. The van der Waals surface area contributed by atoms with Gasteiger partial charge in [-0.25, -0.2) is 0 Å². The Morgan fingerprint density at radius 2 is 2.29 bits per heavy atom. The van der Waals surface area contributed by atoms with Crippen molar-refractivity contribution in [3.63, 3.8) is 0 Å². The van der Waals surface area contributed by atoms with Crippen molar-refractivity contribution < 1.29 is 14.3 Å². The van der Waals surface area contributed by atoms with Crippen LogP contribution in [0.15, 0.2) is 18.2 Å². The maximum atomic E-state index is 13.0. The molecule has 1 N–H and O–H groups in total. The molecular formula is C19H26N2O3. The first-order valence-electron chi connectivity index (χ1n) is 8.58. The molecule has 1 aliphatic rings. The molecule has 0 heterocycles. The number of hydrogen-bond donors (Lipinski definition) is 1. The smallest absolute Gasteiger partial charge is 0.256 e. The number of hydrogen-bond acceptors (Lipinski definition) is 4. The van der Waals surface area contributed by atoms with Crippen molar-refractivity contribution in [1.82, 2.24) is 0 Å². The molecule has 130 valence electrons. The Morgan fingerprint density at radius 1 is 1.50 bits per heavy atom. The maximum Gasteiger partial charge on any atom is 0.256 e. The summed E-state index contributed by atoms with van der Waals surface area (Å²) in [6.07, 6.45) is 4.41. The first kappa shape index (κ1) is 18.3. The van der Waals surface area contributed by atoms with Crippen molar-refractivity contribution in [3.8, 4) is 11.8 Å². The fourth-order valence-corrected chi connectivity index (χ4v) is 3.29. The maximum absolute atomic E-state index is 13.0. The van der Waals surface area contributed by atoms with Crippen molar-refractivity contribution in [2.75, 3.05) is 19.0 Å². The molecule has 5 nitrogen and oxygen atoms in total. The van der Waals surface area contributed by atoms with E-state index in [9.17, 15) is 10.1 Å². The SMILES string of the molecule is CCCO[C@]1(C(=O)Nc2ccc(OC)cc2C#N)CCC[C@@H](C)C1. The standard InChI is InChI=1S/C19H26N2O3/c1-4-10-24-19(9-5-6-14(2)12-19)18(22)21-17-8-7-16(23-3)11-15(17)13-20/h7-8,11,14H,4-6,9-10,12H2,1-3H3,(H,21,22)/t14-,19-/m1/s1. The summed E-state index contributed by atoms with van der Waals surface area (Å²) in [5.74, 6) is 0.893. The van der Waals surface area contributed by atoms with Crippen LogP contribution in [0.25, 0.3) is 0 Å². The fraction of sp³-hybridized carbons (Fsp3) is 0.579. The zero-order valence-corrected chi connectivity index (χ0v) is 14.7. The van der Waals surface area contributed by atoms with E-state index in [1.54, 1.807) is 25.3 Å². The number of carbonyl (C=O) groups excluding carboxylic acids is 1. The highest BCUT2D eigenvalue weighted by atomic mass is 16.5. The second kappa shape index (κ2) is 8.16. The molecule has 24 heavy (non-hydrogen) atoms. The van der Waals surface area contributed by atoms with Gasteiger partial charge in [0.05, 0.1) is 18.4 Å². The summed E-state index contributed by atoms with van der Waals surface area (Å²) in [7, 11) is 1.55. The molecule has 1 aliphatic carbocycles. The molecule has 0 aliphatic heterocycles. The van der Waals surface area contributed by atoms with Crippen LogP contribution in [0.3, 0.4) is 0 Å². The van der Waals surface area contributed by atoms with Crippen LogP contribution in [0.1, 0.15) is 51.5 Å². The predicted molar refractivity (Wildman–Crippen MR) is 92.9 cm³/mol. The first-order chi connectivity index (χ1) is 11.5. The highest BCUT2D eigenvalue weighted by molar-refractivity contribution is 5.98. The highest BCUT2D eigenvalue weighted by Gasteiger charge is 2.42. The van der Waals surface area contributed by atoms with Gasteiger partial charge in [-0.2, -0.15) is 5.26 Å². The minimum Gasteiger partial charge on any atom is -0.497 e. The van der Waals surface area contributed by atoms with Gasteiger partial charge in [0, 0.05) is 6.61 Å². The van der Waals surface area contributed by atoms with Crippen LogP contribution < -0.4 is 10.1 Å². The van der Waals surface area contributed by atoms with Crippen LogP contribution in [0.5, 0.6) is 5.75 Å². The summed E-state index contributed by atoms with van der Waals surface area (Å²) in [4.78, 5) is 13.0. The van der Waals surface area contributed by atoms with Gasteiger partial charge in [0.25, 0.3) is 5.91 Å². The normalized spacial score (nSPS) is 23.3. The van der Waals surface area contributed by atoms with Gasteiger partial charge in [0.2, 0.25) is 0 Å². The second-order valence-electron chi connectivity index (χ2n) is 6.52. The third kappa shape index (κ3) is 4.07. The lowest BCUT2D eigenvalue weighted by molar-refractivity contribution is -0.148. The molecule has 1 amide bonds. The number of nitriles is 1. The summed E-state index contributed by atoms with van der Waals surface area (Å²) in [6.45, 7) is 4.76. The number of methoxy groups -OCH3 is 1. The summed E-state index contributed by atoms with van der Waals surface area (Å²) in [5, 5.41) is 12.2. The van der Waals surface area contributed by atoms with E-state index in [0.29, 0.717) is 29.5 Å². The zero-order chi connectivity index (χ0) is 17.6. The molecule has 0 spiro atoms. The highest BCUT2D eigenvalue weighted by Crippen LogP contribution is 2.36. The largest absolute Gasteiger partial charge is 0.497 e. The van der Waals surface area contributed by atoms with Gasteiger partial charge in [-0.3, -0.25) is 4.79 Å². The monoisotopic (exact) mass is 330 g/mol. The number of ether oxygens (including phenoxy) is 2. The van der Waals surface area contributed by atoms with Gasteiger partial charge in [-0.1, -0.05) is 20.3 Å². The van der Waals surface area contributed by atoms with Crippen LogP contribution in [0, 0.1) is 17.2 Å². The lowest BCUT2D eigenvalue weighted by atomic mass is 9.78. The number of amides is 1.